The van der Waals surface area contributed by atoms with Crippen molar-refractivity contribution in [1.29, 1.82) is 0 Å². The van der Waals surface area contributed by atoms with Crippen LogP contribution in [0.5, 0.6) is 0 Å². The lowest BCUT2D eigenvalue weighted by Crippen LogP contribution is -1.86. The number of pyridine rings is 1. The van der Waals surface area contributed by atoms with Gasteiger partial charge >= 0.3 is 0 Å². The minimum absolute atomic E-state index is 0.388. The summed E-state index contributed by atoms with van der Waals surface area (Å²) in [6.07, 6.45) is 3.64. The highest BCUT2D eigenvalue weighted by atomic mass is 32.2. The summed E-state index contributed by atoms with van der Waals surface area (Å²) in [4.78, 5) is 3.77. The molecule has 0 saturated heterocycles. The molecule has 0 amide bonds. The van der Waals surface area contributed by atoms with Crippen LogP contribution in [-0.2, 0) is 0 Å². The summed E-state index contributed by atoms with van der Waals surface area (Å²) in [5, 5.41) is 0.788. The van der Waals surface area contributed by atoms with Gasteiger partial charge in [-0.05, 0) is 24.3 Å². The second-order valence-electron chi connectivity index (χ2n) is 2.85. The molecule has 0 atom stereocenters. The van der Waals surface area contributed by atoms with Crippen LogP contribution >= 0.6 is 11.8 Å². The van der Waals surface area contributed by atoms with Crippen molar-refractivity contribution in [3.05, 3.63) is 24.1 Å². The zero-order valence-electron chi connectivity index (χ0n) is 7.79. The molecule has 0 aliphatic carbocycles. The van der Waals surface area contributed by atoms with Crippen LogP contribution in [0.25, 0.3) is 0 Å². The second-order valence-corrected chi connectivity index (χ2v) is 3.97. The average Bonchev–Trinajstić information content (AvgIpc) is 2.13. The summed E-state index contributed by atoms with van der Waals surface area (Å²) in [6, 6.07) is 4.92. The van der Waals surface area contributed by atoms with E-state index in [4.69, 9.17) is 0 Å². The van der Waals surface area contributed by atoms with Gasteiger partial charge in [-0.2, -0.15) is 4.39 Å². The number of rotatable bonds is 5. The molecular formula is C10H14FNS. The van der Waals surface area contributed by atoms with Crippen molar-refractivity contribution in [2.75, 3.05) is 5.75 Å². The van der Waals surface area contributed by atoms with Gasteiger partial charge in [0.25, 0.3) is 0 Å². The summed E-state index contributed by atoms with van der Waals surface area (Å²) in [6.45, 7) is 2.17. The molecular weight excluding hydrogens is 185 g/mol. The molecule has 0 saturated carbocycles. The van der Waals surface area contributed by atoms with Crippen molar-refractivity contribution in [1.82, 2.24) is 4.98 Å². The summed E-state index contributed by atoms with van der Waals surface area (Å²) >= 11 is 1.62. The number of aromatic nitrogens is 1. The van der Waals surface area contributed by atoms with E-state index >= 15 is 0 Å². The first-order valence-corrected chi connectivity index (χ1v) is 5.57. The van der Waals surface area contributed by atoms with Crippen LogP contribution in [0.1, 0.15) is 26.2 Å². The molecule has 1 nitrogen and oxygen atoms in total. The van der Waals surface area contributed by atoms with Crippen LogP contribution in [0.15, 0.2) is 23.2 Å². The molecule has 1 aromatic heterocycles. The number of nitrogens with zero attached hydrogens (tertiary/aromatic N) is 1. The van der Waals surface area contributed by atoms with E-state index in [1.165, 1.54) is 25.3 Å². The van der Waals surface area contributed by atoms with E-state index in [2.05, 4.69) is 11.9 Å². The fourth-order valence-corrected chi connectivity index (χ4v) is 1.88. The number of thioether (sulfide) groups is 1. The van der Waals surface area contributed by atoms with Crippen LogP contribution in [0.2, 0.25) is 0 Å². The van der Waals surface area contributed by atoms with Gasteiger partial charge in [-0.1, -0.05) is 25.8 Å². The molecule has 3 heteroatoms. The summed E-state index contributed by atoms with van der Waals surface area (Å²) in [5.74, 6) is 0.644. The van der Waals surface area contributed by atoms with E-state index in [-0.39, 0.29) is 5.95 Å². The first-order chi connectivity index (χ1) is 6.33. The van der Waals surface area contributed by atoms with Crippen molar-refractivity contribution < 1.29 is 4.39 Å². The first kappa shape index (κ1) is 10.5. The Hall–Kier alpha value is -0.570. The molecule has 0 N–H and O–H groups in total. The van der Waals surface area contributed by atoms with Crippen molar-refractivity contribution in [2.24, 2.45) is 0 Å². The van der Waals surface area contributed by atoms with Gasteiger partial charge in [-0.15, -0.1) is 11.8 Å². The Morgan fingerprint density at radius 3 is 2.92 bits per heavy atom. The van der Waals surface area contributed by atoms with E-state index in [1.54, 1.807) is 17.8 Å². The predicted octanol–water partition coefficient (Wildman–Crippen LogP) is 3.50. The number of unbranched alkanes of at least 4 members (excludes halogenated alkanes) is 2. The maximum absolute atomic E-state index is 12.6. The summed E-state index contributed by atoms with van der Waals surface area (Å²) in [5.41, 5.74) is 0. The highest BCUT2D eigenvalue weighted by Crippen LogP contribution is 2.16. The molecule has 0 radical (unpaired) electrons. The quantitative estimate of drug-likeness (QED) is 0.409. The lowest BCUT2D eigenvalue weighted by atomic mass is 10.3. The van der Waals surface area contributed by atoms with Crippen molar-refractivity contribution in [2.45, 2.75) is 31.2 Å². The third kappa shape index (κ3) is 4.27. The molecule has 0 aliphatic heterocycles. The Bertz CT molecular complexity index is 252. The Morgan fingerprint density at radius 2 is 2.23 bits per heavy atom. The number of halogens is 1. The smallest absolute Gasteiger partial charge is 0.213 e. The molecule has 0 bridgehead atoms. The molecule has 1 heterocycles. The molecule has 0 unspecified atom stereocenters. The monoisotopic (exact) mass is 199 g/mol. The minimum Gasteiger partial charge on any atom is -0.213 e. The molecule has 0 spiro atoms. The average molecular weight is 199 g/mol. The Labute approximate surface area is 82.8 Å². The van der Waals surface area contributed by atoms with Crippen LogP contribution < -0.4 is 0 Å². The van der Waals surface area contributed by atoms with E-state index in [9.17, 15) is 4.39 Å². The molecule has 72 valence electrons. The molecule has 0 aliphatic rings. The molecule has 0 aromatic carbocycles. The standard InChI is InChI=1S/C10H14FNS/c1-2-3-4-8-13-10-7-5-6-9(11)12-10/h5-7H,2-4,8H2,1H3. The summed E-state index contributed by atoms with van der Waals surface area (Å²) in [7, 11) is 0. The van der Waals surface area contributed by atoms with E-state index in [1.807, 2.05) is 6.07 Å². The van der Waals surface area contributed by atoms with Gasteiger partial charge in [0.1, 0.15) is 0 Å². The highest BCUT2D eigenvalue weighted by molar-refractivity contribution is 7.99. The third-order valence-corrected chi connectivity index (χ3v) is 2.70. The van der Waals surface area contributed by atoms with E-state index < -0.39 is 0 Å². The summed E-state index contributed by atoms with van der Waals surface area (Å²) < 4.78 is 12.6. The number of hydrogen-bond acceptors (Lipinski definition) is 2. The zero-order chi connectivity index (χ0) is 9.52. The van der Waals surface area contributed by atoms with Gasteiger partial charge < -0.3 is 0 Å². The molecule has 1 aromatic rings. The molecule has 0 fully saturated rings. The Balaban J connectivity index is 2.28. The Kier molecular flexibility index (Phi) is 4.83. The van der Waals surface area contributed by atoms with Gasteiger partial charge in [0.2, 0.25) is 5.95 Å². The Morgan fingerprint density at radius 1 is 1.38 bits per heavy atom. The fourth-order valence-electron chi connectivity index (χ4n) is 0.999. The fraction of sp³-hybridized carbons (Fsp3) is 0.500. The highest BCUT2D eigenvalue weighted by Gasteiger charge is 1.96. The third-order valence-electron chi connectivity index (χ3n) is 1.69. The second kappa shape index (κ2) is 5.97. The zero-order valence-corrected chi connectivity index (χ0v) is 8.61. The number of hydrogen-bond donors (Lipinski definition) is 0. The van der Waals surface area contributed by atoms with E-state index in [0.717, 1.165) is 10.8 Å². The van der Waals surface area contributed by atoms with Crippen LogP contribution in [0.3, 0.4) is 0 Å². The van der Waals surface area contributed by atoms with Crippen molar-refractivity contribution >= 4 is 11.8 Å². The molecule has 13 heavy (non-hydrogen) atoms. The van der Waals surface area contributed by atoms with Gasteiger partial charge in [0.05, 0.1) is 5.03 Å². The van der Waals surface area contributed by atoms with Gasteiger partial charge in [0, 0.05) is 0 Å². The van der Waals surface area contributed by atoms with Crippen LogP contribution in [-0.4, -0.2) is 10.7 Å². The SMILES string of the molecule is CCCCCSc1cccc(F)n1. The largest absolute Gasteiger partial charge is 0.213 e. The first-order valence-electron chi connectivity index (χ1n) is 4.58. The van der Waals surface area contributed by atoms with E-state index in [0.29, 0.717) is 0 Å². The van der Waals surface area contributed by atoms with Crippen LogP contribution in [0.4, 0.5) is 4.39 Å². The maximum Gasteiger partial charge on any atom is 0.213 e. The lowest BCUT2D eigenvalue weighted by Gasteiger charge is -1.99. The minimum atomic E-state index is -0.388. The molecule has 1 rings (SSSR count). The van der Waals surface area contributed by atoms with Gasteiger partial charge in [0.15, 0.2) is 0 Å². The van der Waals surface area contributed by atoms with Gasteiger partial charge in [-0.25, -0.2) is 4.98 Å². The van der Waals surface area contributed by atoms with Crippen molar-refractivity contribution in [3.8, 4) is 0 Å². The normalized spacial score (nSPS) is 10.3. The van der Waals surface area contributed by atoms with Crippen LogP contribution in [0, 0.1) is 5.95 Å². The topological polar surface area (TPSA) is 12.9 Å². The maximum atomic E-state index is 12.6. The van der Waals surface area contributed by atoms with Gasteiger partial charge in [-0.3, -0.25) is 0 Å². The predicted molar refractivity (Wildman–Crippen MR) is 54.4 cm³/mol. The lowest BCUT2D eigenvalue weighted by molar-refractivity contribution is 0.572. The van der Waals surface area contributed by atoms with Crippen molar-refractivity contribution in [3.63, 3.8) is 0 Å².